The van der Waals surface area contributed by atoms with Gasteiger partial charge < -0.3 is 9.26 Å². The molecule has 0 rings (SSSR count). The first-order valence-electron chi connectivity index (χ1n) is 8.55. The van der Waals surface area contributed by atoms with Gasteiger partial charge in [-0.15, -0.1) is 0 Å². The Morgan fingerprint density at radius 2 is 1.36 bits per heavy atom. The van der Waals surface area contributed by atoms with Crippen LogP contribution in [0, 0.1) is 16.2 Å². The molecule has 6 nitrogen and oxygen atoms in total. The van der Waals surface area contributed by atoms with E-state index in [4.69, 9.17) is 13.8 Å². The molecular weight excluding hydrogens is 343 g/mol. The summed E-state index contributed by atoms with van der Waals surface area (Å²) in [6.07, 6.45) is 0.319. The Balaban J connectivity index is 4.77. The molecule has 0 aromatic rings. The van der Waals surface area contributed by atoms with Gasteiger partial charge in [-0.3, -0.25) is 18.7 Å². The van der Waals surface area contributed by atoms with Crippen LogP contribution in [0.1, 0.15) is 68.7 Å². The molecule has 0 aliphatic carbocycles. The van der Waals surface area contributed by atoms with E-state index in [1.54, 1.807) is 20.8 Å². The lowest BCUT2D eigenvalue weighted by Crippen LogP contribution is -2.25. The van der Waals surface area contributed by atoms with Crippen molar-refractivity contribution in [1.29, 1.82) is 0 Å². The normalized spacial score (nSPS) is 15.6. The van der Waals surface area contributed by atoms with Crippen LogP contribution in [0.2, 0.25) is 0 Å². The Hall–Kier alpha value is -0.710. The van der Waals surface area contributed by atoms with Gasteiger partial charge in [0.05, 0.1) is 18.2 Å². The molecule has 0 spiro atoms. The third-order valence-electron chi connectivity index (χ3n) is 3.17. The van der Waals surface area contributed by atoms with Gasteiger partial charge in [-0.25, -0.2) is 0 Å². The van der Waals surface area contributed by atoms with Gasteiger partial charge in [-0.1, -0.05) is 41.5 Å². The molecule has 0 radical (unpaired) electrons. The Bertz CT molecular complexity index is 469. The van der Waals surface area contributed by atoms with Crippen LogP contribution in [-0.2, 0) is 27.9 Å². The minimum Gasteiger partial charge on any atom is -0.438 e. The monoisotopic (exact) mass is 378 g/mol. The zero-order valence-corrected chi connectivity index (χ0v) is 18.1. The van der Waals surface area contributed by atoms with Crippen LogP contribution in [0.15, 0.2) is 0 Å². The highest BCUT2D eigenvalue weighted by atomic mass is 31.2. The Kier molecular flexibility index (Phi) is 8.54. The molecule has 0 fully saturated rings. The highest BCUT2D eigenvalue weighted by Crippen LogP contribution is 2.52. The summed E-state index contributed by atoms with van der Waals surface area (Å²) in [6.45, 7) is 15.9. The summed E-state index contributed by atoms with van der Waals surface area (Å²) in [5, 5.41) is 0. The van der Waals surface area contributed by atoms with Gasteiger partial charge in [0.1, 0.15) is 5.78 Å². The molecule has 148 valence electrons. The van der Waals surface area contributed by atoms with Crippen molar-refractivity contribution >= 4 is 19.3 Å². The molecule has 1 atom stereocenters. The van der Waals surface area contributed by atoms with E-state index in [-0.39, 0.29) is 30.4 Å². The lowest BCUT2D eigenvalue weighted by Gasteiger charge is -2.26. The lowest BCUT2D eigenvalue weighted by atomic mass is 9.89. The summed E-state index contributed by atoms with van der Waals surface area (Å²) in [5.74, 6) is -0.424. The first kappa shape index (κ1) is 24.3. The molecule has 1 unspecified atom stereocenters. The summed E-state index contributed by atoms with van der Waals surface area (Å²) in [7, 11) is -3.49. The number of ketones is 1. The molecule has 0 aromatic heterocycles. The van der Waals surface area contributed by atoms with E-state index in [2.05, 4.69) is 0 Å². The topological polar surface area (TPSA) is 78.9 Å². The van der Waals surface area contributed by atoms with Crippen LogP contribution in [0.3, 0.4) is 0 Å². The van der Waals surface area contributed by atoms with E-state index in [0.717, 1.165) is 0 Å². The average molecular weight is 378 g/mol. The maximum Gasteiger partial charge on any atom is 0.334 e. The minimum atomic E-state index is -3.49. The van der Waals surface area contributed by atoms with Gasteiger partial charge in [0.25, 0.3) is 0 Å². The summed E-state index contributed by atoms with van der Waals surface area (Å²) >= 11 is 0. The van der Waals surface area contributed by atoms with Gasteiger partial charge >= 0.3 is 13.6 Å². The molecule has 0 heterocycles. The quantitative estimate of drug-likeness (QED) is 0.343. The number of hydrogen-bond acceptors (Lipinski definition) is 6. The van der Waals surface area contributed by atoms with Crippen molar-refractivity contribution in [2.24, 2.45) is 16.2 Å². The number of carbonyl (C=O) groups excluding carboxylic acids is 2. The largest absolute Gasteiger partial charge is 0.438 e. The number of ether oxygens (including phenoxy) is 1. The molecule has 0 bridgehead atoms. The van der Waals surface area contributed by atoms with E-state index < -0.39 is 31.2 Å². The molecule has 0 aliphatic rings. The molecule has 7 heteroatoms. The summed E-state index contributed by atoms with van der Waals surface area (Å²) in [6, 6.07) is 0. The van der Waals surface area contributed by atoms with Crippen LogP contribution in [0.4, 0.5) is 0 Å². The van der Waals surface area contributed by atoms with Gasteiger partial charge in [0, 0.05) is 11.8 Å². The predicted molar refractivity (Wildman–Crippen MR) is 98.5 cm³/mol. The number of esters is 1. The summed E-state index contributed by atoms with van der Waals surface area (Å²) in [5.41, 5.74) is -1.45. The Morgan fingerprint density at radius 1 is 0.840 bits per heavy atom. The average Bonchev–Trinajstić information content (AvgIpc) is 2.33. The van der Waals surface area contributed by atoms with E-state index >= 15 is 0 Å². The van der Waals surface area contributed by atoms with Crippen LogP contribution in [0.25, 0.3) is 0 Å². The van der Waals surface area contributed by atoms with E-state index in [0.29, 0.717) is 0 Å². The standard InChI is InChI=1S/C18H35O6P/c1-16(2,3)12-25(21,23-11-10-14(19)17(4,5)6)24-13-22-15(20)18(7,8)9/h10-13H2,1-9H3. The number of rotatable bonds is 8. The van der Waals surface area contributed by atoms with Gasteiger partial charge in [-0.05, 0) is 26.2 Å². The maximum atomic E-state index is 12.9. The number of Topliss-reactive ketones (excluding diaryl/α,β-unsaturated/α-hetero) is 1. The molecule has 25 heavy (non-hydrogen) atoms. The van der Waals surface area contributed by atoms with E-state index in [9.17, 15) is 14.2 Å². The highest BCUT2D eigenvalue weighted by molar-refractivity contribution is 7.53. The third kappa shape index (κ3) is 10.8. The first-order valence-corrected chi connectivity index (χ1v) is 10.3. The third-order valence-corrected chi connectivity index (χ3v) is 5.58. The molecular formula is C18H35O6P. The fraction of sp³-hybridized carbons (Fsp3) is 0.889. The molecule has 0 amide bonds. The predicted octanol–water partition coefficient (Wildman–Crippen LogP) is 4.81. The van der Waals surface area contributed by atoms with Gasteiger partial charge in [0.15, 0.2) is 0 Å². The van der Waals surface area contributed by atoms with Crippen LogP contribution in [0.5, 0.6) is 0 Å². The smallest absolute Gasteiger partial charge is 0.334 e. The fourth-order valence-electron chi connectivity index (χ4n) is 1.74. The van der Waals surface area contributed by atoms with Crippen molar-refractivity contribution in [3.63, 3.8) is 0 Å². The molecule has 0 aromatic carbocycles. The SMILES string of the molecule is CC(C)(C)CP(=O)(OCCC(=O)C(C)(C)C)OCOC(=O)C(C)(C)C. The number of carbonyl (C=O) groups is 2. The van der Waals surface area contributed by atoms with Crippen molar-refractivity contribution in [3.8, 4) is 0 Å². The van der Waals surface area contributed by atoms with Crippen molar-refractivity contribution in [2.75, 3.05) is 19.6 Å². The fourth-order valence-corrected chi connectivity index (χ4v) is 3.74. The van der Waals surface area contributed by atoms with Gasteiger partial charge in [-0.2, -0.15) is 0 Å². The summed E-state index contributed by atoms with van der Waals surface area (Å²) < 4.78 is 28.7. The van der Waals surface area contributed by atoms with Crippen LogP contribution in [-0.4, -0.2) is 31.3 Å². The Labute approximate surface area is 152 Å². The summed E-state index contributed by atoms with van der Waals surface area (Å²) in [4.78, 5) is 23.7. The first-order chi connectivity index (χ1) is 11.0. The van der Waals surface area contributed by atoms with Gasteiger partial charge in [0.2, 0.25) is 6.79 Å². The van der Waals surface area contributed by atoms with Crippen molar-refractivity contribution < 1.29 is 27.9 Å². The second-order valence-electron chi connectivity index (χ2n) is 9.51. The zero-order chi connectivity index (χ0) is 20.1. The maximum absolute atomic E-state index is 12.9. The Morgan fingerprint density at radius 3 is 1.76 bits per heavy atom. The second-order valence-corrected chi connectivity index (χ2v) is 11.6. The van der Waals surface area contributed by atoms with Crippen molar-refractivity contribution in [2.45, 2.75) is 68.7 Å². The van der Waals surface area contributed by atoms with Crippen LogP contribution >= 0.6 is 7.60 Å². The second kappa shape index (κ2) is 8.79. The van der Waals surface area contributed by atoms with Crippen LogP contribution < -0.4 is 0 Å². The lowest BCUT2D eigenvalue weighted by molar-refractivity contribution is -0.160. The molecule has 0 aliphatic heterocycles. The minimum absolute atomic E-state index is 0.0106. The zero-order valence-electron chi connectivity index (χ0n) is 17.2. The van der Waals surface area contributed by atoms with Crippen molar-refractivity contribution in [3.05, 3.63) is 0 Å². The van der Waals surface area contributed by atoms with E-state index in [1.807, 2.05) is 41.5 Å². The van der Waals surface area contributed by atoms with E-state index in [1.165, 1.54) is 0 Å². The number of hydrogen-bond donors (Lipinski definition) is 0. The highest BCUT2D eigenvalue weighted by Gasteiger charge is 2.33. The molecule has 0 N–H and O–H groups in total. The molecule has 0 saturated heterocycles. The van der Waals surface area contributed by atoms with Crippen molar-refractivity contribution in [1.82, 2.24) is 0 Å². The molecule has 0 saturated carbocycles.